The van der Waals surface area contributed by atoms with Crippen LogP contribution in [0.3, 0.4) is 0 Å². The van der Waals surface area contributed by atoms with Crippen molar-refractivity contribution in [1.29, 1.82) is 0 Å². The van der Waals surface area contributed by atoms with Gasteiger partial charge in [-0.3, -0.25) is 9.69 Å². The van der Waals surface area contributed by atoms with E-state index in [2.05, 4.69) is 41.0 Å². The third-order valence-electron chi connectivity index (χ3n) is 8.67. The fraction of sp³-hybridized carbons (Fsp3) is 0.517. The summed E-state index contributed by atoms with van der Waals surface area (Å²) in [7, 11) is 0. The fourth-order valence-corrected chi connectivity index (χ4v) is 7.28. The second-order valence-electron chi connectivity index (χ2n) is 10.7. The lowest BCUT2D eigenvalue weighted by molar-refractivity contribution is -0.141. The zero-order chi connectivity index (χ0) is 24.6. The lowest BCUT2D eigenvalue weighted by Crippen LogP contribution is -2.61. The number of fused-ring (bicyclic) bond motifs is 1. The molecule has 5 rings (SSSR count). The maximum atomic E-state index is 13.2. The number of nitrogens with zero attached hydrogens (tertiary/aromatic N) is 2. The van der Waals surface area contributed by atoms with E-state index in [9.17, 15) is 9.59 Å². The average Bonchev–Trinajstić information content (AvgIpc) is 2.95. The Bertz CT molecular complexity index is 1070. The van der Waals surface area contributed by atoms with E-state index in [0.717, 1.165) is 37.7 Å². The molecule has 2 saturated heterocycles. The van der Waals surface area contributed by atoms with E-state index in [4.69, 9.17) is 9.84 Å². The zero-order valence-electron chi connectivity index (χ0n) is 20.7. The van der Waals surface area contributed by atoms with Crippen molar-refractivity contribution in [1.82, 2.24) is 9.80 Å². The molecule has 2 bridgehead atoms. The van der Waals surface area contributed by atoms with E-state index >= 15 is 0 Å². The van der Waals surface area contributed by atoms with E-state index in [1.54, 1.807) is 6.92 Å². The molecule has 2 heterocycles. The standard InChI is InChI=1S/C29H36N2O4/c1-20(32)31-23(16-21-10-4-3-5-11-21)24-17-29(2)26(14-8-9-15-27(29)31)30(24)18-22-12-6-7-13-25(22)35-19-28(33)34/h3-7,10-13,23-24,26-27H,8-9,14-19H2,1-2H3,(H,33,34)/t23-,24-,26-,27+,29-/m0/s1. The van der Waals surface area contributed by atoms with Gasteiger partial charge in [-0.1, -0.05) is 68.3 Å². The third kappa shape index (κ3) is 4.44. The minimum Gasteiger partial charge on any atom is -0.482 e. The number of piperidine rings is 1. The van der Waals surface area contributed by atoms with Gasteiger partial charge in [-0.15, -0.1) is 0 Å². The molecular weight excluding hydrogens is 440 g/mol. The number of aliphatic carboxylic acids is 1. The Morgan fingerprint density at radius 3 is 2.43 bits per heavy atom. The predicted octanol–water partition coefficient (Wildman–Crippen LogP) is 4.52. The van der Waals surface area contributed by atoms with Gasteiger partial charge in [-0.2, -0.15) is 0 Å². The smallest absolute Gasteiger partial charge is 0.341 e. The number of para-hydroxylation sites is 1. The molecule has 0 aromatic heterocycles. The number of carbonyl (C=O) groups is 2. The molecule has 2 aromatic rings. The van der Waals surface area contributed by atoms with E-state index < -0.39 is 5.97 Å². The van der Waals surface area contributed by atoms with Crippen LogP contribution in [-0.2, 0) is 22.6 Å². The highest BCUT2D eigenvalue weighted by Gasteiger charge is 2.62. The number of rotatable bonds is 7. The molecule has 0 radical (unpaired) electrons. The highest BCUT2D eigenvalue weighted by atomic mass is 16.5. The minimum atomic E-state index is -0.976. The monoisotopic (exact) mass is 476 g/mol. The first-order chi connectivity index (χ1) is 16.9. The van der Waals surface area contributed by atoms with Crippen molar-refractivity contribution in [2.75, 3.05) is 6.61 Å². The van der Waals surface area contributed by atoms with Crippen molar-refractivity contribution >= 4 is 11.9 Å². The number of carbonyl (C=O) groups excluding carboxylic acids is 1. The van der Waals surface area contributed by atoms with Crippen LogP contribution in [0.4, 0.5) is 0 Å². The van der Waals surface area contributed by atoms with Gasteiger partial charge in [0.2, 0.25) is 5.91 Å². The average molecular weight is 477 g/mol. The minimum absolute atomic E-state index is 0.0525. The lowest BCUT2D eigenvalue weighted by Gasteiger charge is -2.51. The summed E-state index contributed by atoms with van der Waals surface area (Å²) in [6, 6.07) is 19.3. The van der Waals surface area contributed by atoms with Gasteiger partial charge in [0, 0.05) is 42.6 Å². The zero-order valence-corrected chi connectivity index (χ0v) is 20.7. The van der Waals surface area contributed by atoms with Crippen LogP contribution in [0.1, 0.15) is 57.1 Å². The van der Waals surface area contributed by atoms with Crippen LogP contribution in [0.15, 0.2) is 54.6 Å². The molecule has 1 N–H and O–H groups in total. The summed E-state index contributed by atoms with van der Waals surface area (Å²) >= 11 is 0. The normalized spacial score (nSPS) is 30.1. The quantitative estimate of drug-likeness (QED) is 0.637. The Hall–Kier alpha value is -2.86. The van der Waals surface area contributed by atoms with Crippen molar-refractivity contribution in [2.24, 2.45) is 5.41 Å². The summed E-state index contributed by atoms with van der Waals surface area (Å²) in [5.41, 5.74) is 2.33. The Morgan fingerprint density at radius 2 is 1.71 bits per heavy atom. The number of carboxylic acid groups (broad SMARTS) is 1. The molecule has 0 unspecified atom stereocenters. The van der Waals surface area contributed by atoms with Gasteiger partial charge in [0.1, 0.15) is 5.75 Å². The first-order valence-corrected chi connectivity index (χ1v) is 12.9. The molecular formula is C29H36N2O4. The van der Waals surface area contributed by atoms with Crippen LogP contribution < -0.4 is 4.74 Å². The highest BCUT2D eigenvalue weighted by molar-refractivity contribution is 5.74. The van der Waals surface area contributed by atoms with Crippen LogP contribution in [0.2, 0.25) is 0 Å². The molecule has 3 fully saturated rings. The van der Waals surface area contributed by atoms with Crippen LogP contribution in [0, 0.1) is 5.41 Å². The Balaban J connectivity index is 1.53. The van der Waals surface area contributed by atoms with E-state index in [-0.39, 0.29) is 36.1 Å². The van der Waals surface area contributed by atoms with Crippen LogP contribution in [0.25, 0.3) is 0 Å². The molecule has 0 spiro atoms. The Morgan fingerprint density at radius 1 is 1.03 bits per heavy atom. The number of benzene rings is 2. The molecule has 6 heteroatoms. The number of carboxylic acids is 1. The number of ether oxygens (including phenoxy) is 1. The molecule has 2 aromatic carbocycles. The van der Waals surface area contributed by atoms with Gasteiger partial charge in [0.25, 0.3) is 0 Å². The van der Waals surface area contributed by atoms with Crippen molar-refractivity contribution in [2.45, 2.75) is 83.1 Å². The topological polar surface area (TPSA) is 70.1 Å². The summed E-state index contributed by atoms with van der Waals surface area (Å²) in [5, 5.41) is 9.14. The van der Waals surface area contributed by atoms with Gasteiger partial charge in [-0.25, -0.2) is 4.79 Å². The molecule has 1 aliphatic carbocycles. The maximum Gasteiger partial charge on any atom is 0.341 e. The van der Waals surface area contributed by atoms with Gasteiger partial charge < -0.3 is 14.7 Å². The number of hydrogen-bond acceptors (Lipinski definition) is 4. The van der Waals surface area contributed by atoms with Gasteiger partial charge in [-0.05, 0) is 37.3 Å². The summed E-state index contributed by atoms with van der Waals surface area (Å²) in [4.78, 5) is 29.2. The first-order valence-electron chi connectivity index (χ1n) is 12.9. The van der Waals surface area contributed by atoms with Crippen LogP contribution in [-0.4, -0.2) is 57.6 Å². The first kappa shape index (κ1) is 23.9. The molecule has 1 amide bonds. The van der Waals surface area contributed by atoms with Crippen LogP contribution >= 0.6 is 0 Å². The largest absolute Gasteiger partial charge is 0.482 e. The van der Waals surface area contributed by atoms with Gasteiger partial charge in [0.05, 0.1) is 6.04 Å². The van der Waals surface area contributed by atoms with E-state index in [1.165, 1.54) is 12.0 Å². The SMILES string of the molecule is CC(=O)N1[C@@H](Cc2ccccc2)[C@@H]2C[C@@]3(C)[C@H](CCCC[C@@H]13)N2Cc1ccccc1OCC(=O)O. The summed E-state index contributed by atoms with van der Waals surface area (Å²) in [6.07, 6.45) is 6.45. The second-order valence-corrected chi connectivity index (χ2v) is 10.7. The molecule has 2 aliphatic heterocycles. The van der Waals surface area contributed by atoms with Crippen LogP contribution in [0.5, 0.6) is 5.75 Å². The Labute approximate surface area is 207 Å². The van der Waals surface area contributed by atoms with Crippen molar-refractivity contribution < 1.29 is 19.4 Å². The molecule has 186 valence electrons. The summed E-state index contributed by atoms with van der Waals surface area (Å²) in [6.45, 7) is 4.50. The van der Waals surface area contributed by atoms with Crippen molar-refractivity contribution in [3.05, 3.63) is 65.7 Å². The molecule has 1 saturated carbocycles. The van der Waals surface area contributed by atoms with Crippen molar-refractivity contribution in [3.8, 4) is 5.75 Å². The van der Waals surface area contributed by atoms with Crippen molar-refractivity contribution in [3.63, 3.8) is 0 Å². The maximum absolute atomic E-state index is 13.2. The number of amides is 1. The molecule has 35 heavy (non-hydrogen) atoms. The number of hydrogen-bond donors (Lipinski definition) is 1. The third-order valence-corrected chi connectivity index (χ3v) is 8.67. The fourth-order valence-electron chi connectivity index (χ4n) is 7.28. The molecule has 3 aliphatic rings. The highest BCUT2D eigenvalue weighted by Crippen LogP contribution is 2.56. The number of likely N-dealkylation sites (tertiary alicyclic amines) is 2. The predicted molar refractivity (Wildman–Crippen MR) is 134 cm³/mol. The Kier molecular flexibility index (Phi) is 6.58. The molecule has 5 atom stereocenters. The van der Waals surface area contributed by atoms with E-state index in [0.29, 0.717) is 18.3 Å². The van der Waals surface area contributed by atoms with Gasteiger partial charge >= 0.3 is 5.97 Å². The second kappa shape index (κ2) is 9.65. The van der Waals surface area contributed by atoms with E-state index in [1.807, 2.05) is 30.3 Å². The molecule has 6 nitrogen and oxygen atoms in total. The lowest BCUT2D eigenvalue weighted by atomic mass is 9.69. The summed E-state index contributed by atoms with van der Waals surface area (Å²) < 4.78 is 5.67. The van der Waals surface area contributed by atoms with Gasteiger partial charge in [0.15, 0.2) is 6.61 Å². The summed E-state index contributed by atoms with van der Waals surface area (Å²) in [5.74, 6) is -0.162.